The van der Waals surface area contributed by atoms with Gasteiger partial charge in [0, 0.05) is 44.8 Å². The second-order valence-electron chi connectivity index (χ2n) is 9.02. The molecule has 4 fully saturated rings. The predicted octanol–water partition coefficient (Wildman–Crippen LogP) is 1.04. The van der Waals surface area contributed by atoms with Crippen molar-refractivity contribution in [2.45, 2.75) is 44.6 Å². The molecule has 8 nitrogen and oxygen atoms in total. The van der Waals surface area contributed by atoms with Gasteiger partial charge in [-0.05, 0) is 56.3 Å². The maximum absolute atomic E-state index is 12.3. The van der Waals surface area contributed by atoms with Crippen LogP contribution >= 0.6 is 0 Å². The van der Waals surface area contributed by atoms with Crippen molar-refractivity contribution in [3.05, 3.63) is 11.8 Å². The summed E-state index contributed by atoms with van der Waals surface area (Å²) in [7, 11) is 3.56. The normalized spacial score (nSPS) is 33.2. The van der Waals surface area contributed by atoms with Crippen molar-refractivity contribution in [2.24, 2.45) is 41.7 Å². The van der Waals surface area contributed by atoms with Crippen LogP contribution in [0.15, 0.2) is 6.07 Å². The first-order chi connectivity index (χ1) is 13.3. The van der Waals surface area contributed by atoms with Gasteiger partial charge < -0.3 is 21.1 Å². The Morgan fingerprint density at radius 3 is 2.50 bits per heavy atom. The summed E-state index contributed by atoms with van der Waals surface area (Å²) in [6.45, 7) is 1.49. The van der Waals surface area contributed by atoms with Gasteiger partial charge in [0.15, 0.2) is 5.69 Å². The Balaban J connectivity index is 1.66. The van der Waals surface area contributed by atoms with Crippen molar-refractivity contribution in [3.8, 4) is 0 Å². The third kappa shape index (κ3) is 3.07. The van der Waals surface area contributed by atoms with E-state index >= 15 is 0 Å². The number of hydrogen-bond acceptors (Lipinski definition) is 5. The minimum Gasteiger partial charge on any atom is -0.385 e. The lowest BCUT2D eigenvalue weighted by Gasteiger charge is -2.61. The molecular weight excluding hydrogens is 358 g/mol. The molecule has 0 aromatic carbocycles. The van der Waals surface area contributed by atoms with Crippen LogP contribution in [0.1, 0.15) is 49.0 Å². The van der Waals surface area contributed by atoms with Crippen LogP contribution in [0.4, 0.5) is 5.82 Å². The lowest BCUT2D eigenvalue weighted by molar-refractivity contribution is -0.144. The van der Waals surface area contributed by atoms with E-state index in [0.717, 1.165) is 50.9 Å². The summed E-state index contributed by atoms with van der Waals surface area (Å²) < 4.78 is 7.02. The van der Waals surface area contributed by atoms with E-state index in [0.29, 0.717) is 30.4 Å². The van der Waals surface area contributed by atoms with E-state index in [2.05, 4.69) is 10.00 Å². The van der Waals surface area contributed by atoms with E-state index in [4.69, 9.17) is 16.2 Å². The molecule has 28 heavy (non-hydrogen) atoms. The van der Waals surface area contributed by atoms with E-state index in [-0.39, 0.29) is 17.0 Å². The Morgan fingerprint density at radius 2 is 1.96 bits per heavy atom. The van der Waals surface area contributed by atoms with E-state index in [1.54, 1.807) is 17.9 Å². The van der Waals surface area contributed by atoms with Crippen LogP contribution in [0, 0.1) is 23.2 Å². The third-order valence-corrected chi connectivity index (χ3v) is 7.26. The average Bonchev–Trinajstić information content (AvgIpc) is 3.01. The molecule has 0 radical (unpaired) electrons. The summed E-state index contributed by atoms with van der Waals surface area (Å²) in [6, 6.07) is 2.13. The zero-order valence-corrected chi connectivity index (χ0v) is 16.8. The molecule has 2 atom stereocenters. The summed E-state index contributed by atoms with van der Waals surface area (Å²) in [4.78, 5) is 26.3. The molecule has 4 aliphatic rings. The fourth-order valence-corrected chi connectivity index (χ4v) is 6.45. The number of amides is 2. The Morgan fingerprint density at radius 1 is 1.29 bits per heavy atom. The zero-order chi connectivity index (χ0) is 20.1. The number of aryl methyl sites for hydroxylation is 1. The number of carbonyl (C=O) groups excluding carboxylic acids is 2. The van der Waals surface area contributed by atoms with Gasteiger partial charge in [-0.1, -0.05) is 0 Å². The fourth-order valence-electron chi connectivity index (χ4n) is 6.45. The molecule has 4 bridgehead atoms. The smallest absolute Gasteiger partial charge is 0.269 e. The van der Waals surface area contributed by atoms with Crippen LogP contribution < -0.4 is 16.4 Å². The molecule has 4 N–H and O–H groups in total. The Bertz CT molecular complexity index is 760. The van der Waals surface area contributed by atoms with Gasteiger partial charge in [0.05, 0.1) is 0 Å². The molecule has 2 amide bonds. The Kier molecular flexibility index (Phi) is 4.85. The molecule has 2 unspecified atom stereocenters. The number of primary amides is 2. The highest BCUT2D eigenvalue weighted by molar-refractivity contribution is 5.91. The van der Waals surface area contributed by atoms with Crippen LogP contribution in [0.2, 0.25) is 0 Å². The molecule has 0 spiro atoms. The summed E-state index contributed by atoms with van der Waals surface area (Å²) >= 11 is 0. The van der Waals surface area contributed by atoms with Crippen molar-refractivity contribution in [3.63, 3.8) is 0 Å². The number of hydrogen-bond donors (Lipinski definition) is 2. The molecule has 154 valence electrons. The molecule has 5 rings (SSSR count). The van der Waals surface area contributed by atoms with Crippen molar-refractivity contribution in [1.82, 2.24) is 9.78 Å². The van der Waals surface area contributed by atoms with Crippen molar-refractivity contribution >= 4 is 17.6 Å². The molecule has 1 heterocycles. The number of nitrogens with zero attached hydrogens (tertiary/aromatic N) is 3. The van der Waals surface area contributed by atoms with Gasteiger partial charge in [-0.2, -0.15) is 5.10 Å². The minimum atomic E-state index is -0.517. The van der Waals surface area contributed by atoms with Crippen molar-refractivity contribution < 1.29 is 14.3 Å². The number of nitrogens with two attached hydrogens (primary N) is 2. The molecule has 1 aromatic heterocycles. The van der Waals surface area contributed by atoms with Gasteiger partial charge in [0.1, 0.15) is 5.82 Å². The highest BCUT2D eigenvalue weighted by Gasteiger charge is 2.59. The van der Waals surface area contributed by atoms with E-state index in [9.17, 15) is 9.59 Å². The van der Waals surface area contributed by atoms with Crippen molar-refractivity contribution in [2.75, 3.05) is 25.2 Å². The molecule has 0 aliphatic heterocycles. The van der Waals surface area contributed by atoms with Gasteiger partial charge in [-0.15, -0.1) is 0 Å². The SMILES string of the molecule is COCCCN(c1cc(C(N)=O)nn1C)C1C2CC3CC1CC(C(N)=O)(C3)C2. The van der Waals surface area contributed by atoms with Gasteiger partial charge in [0.25, 0.3) is 5.91 Å². The Labute approximate surface area is 165 Å². The summed E-state index contributed by atoms with van der Waals surface area (Å²) in [5.41, 5.74) is 11.3. The highest BCUT2D eigenvalue weighted by Crippen LogP contribution is 2.61. The molecule has 8 heteroatoms. The van der Waals surface area contributed by atoms with Gasteiger partial charge in [-0.25, -0.2) is 0 Å². The molecule has 1 aromatic rings. The molecule has 0 saturated heterocycles. The fraction of sp³-hybridized carbons (Fsp3) is 0.750. The van der Waals surface area contributed by atoms with Gasteiger partial charge >= 0.3 is 0 Å². The topological polar surface area (TPSA) is 116 Å². The first kappa shape index (κ1) is 19.2. The summed E-state index contributed by atoms with van der Waals surface area (Å²) in [6.07, 6.45) is 5.90. The number of anilines is 1. The number of carbonyl (C=O) groups is 2. The van der Waals surface area contributed by atoms with Gasteiger partial charge in [-0.3, -0.25) is 14.3 Å². The first-order valence-electron chi connectivity index (χ1n) is 10.2. The van der Waals surface area contributed by atoms with Crippen molar-refractivity contribution in [1.29, 1.82) is 0 Å². The highest BCUT2D eigenvalue weighted by atomic mass is 16.5. The summed E-state index contributed by atoms with van der Waals surface area (Å²) in [5, 5.41) is 4.31. The lowest BCUT2D eigenvalue weighted by Crippen LogP contribution is -2.62. The first-order valence-corrected chi connectivity index (χ1v) is 10.2. The van der Waals surface area contributed by atoms with E-state index in [1.165, 1.54) is 0 Å². The second kappa shape index (κ2) is 7.06. The standard InChI is InChI=1S/C20H31N5O3/c1-24-16(8-15(23-24)18(21)26)25(4-3-5-28-2)17-13-6-12-7-14(17)11-20(9-12,10-13)19(22)27/h8,12-14,17H,3-7,9-11H2,1-2H3,(H2,21,26)(H2,22,27). The Hall–Kier alpha value is -2.09. The van der Waals surface area contributed by atoms with Crippen LogP contribution in [-0.2, 0) is 16.6 Å². The van der Waals surface area contributed by atoms with E-state index in [1.807, 2.05) is 7.05 Å². The average molecular weight is 390 g/mol. The van der Waals surface area contributed by atoms with Gasteiger partial charge in [0.2, 0.25) is 5.91 Å². The third-order valence-electron chi connectivity index (χ3n) is 7.26. The number of methoxy groups -OCH3 is 1. The van der Waals surface area contributed by atoms with Crippen LogP contribution in [0.5, 0.6) is 0 Å². The number of ether oxygens (including phenoxy) is 1. The molecule has 4 aliphatic carbocycles. The van der Waals surface area contributed by atoms with Crippen LogP contribution in [0.25, 0.3) is 0 Å². The van der Waals surface area contributed by atoms with Crippen LogP contribution in [-0.4, -0.2) is 47.9 Å². The minimum absolute atomic E-state index is 0.118. The monoisotopic (exact) mass is 389 g/mol. The maximum Gasteiger partial charge on any atom is 0.269 e. The number of aromatic nitrogens is 2. The lowest BCUT2D eigenvalue weighted by atomic mass is 9.47. The quantitative estimate of drug-likeness (QED) is 0.645. The van der Waals surface area contributed by atoms with Crippen LogP contribution in [0.3, 0.4) is 0 Å². The maximum atomic E-state index is 12.3. The number of rotatable bonds is 8. The van der Waals surface area contributed by atoms with E-state index < -0.39 is 5.91 Å². The predicted molar refractivity (Wildman–Crippen MR) is 105 cm³/mol. The zero-order valence-electron chi connectivity index (χ0n) is 16.8. The second-order valence-corrected chi connectivity index (χ2v) is 9.02. The largest absolute Gasteiger partial charge is 0.385 e. The molecular formula is C20H31N5O3. The molecule has 4 saturated carbocycles. The summed E-state index contributed by atoms with van der Waals surface area (Å²) in [5.74, 6) is 1.76.